The third-order valence-electron chi connectivity index (χ3n) is 5.44. The lowest BCUT2D eigenvalue weighted by atomic mass is 10.0. The summed E-state index contributed by atoms with van der Waals surface area (Å²) in [6, 6.07) is 10.1. The first-order valence-electron chi connectivity index (χ1n) is 10.9. The third kappa shape index (κ3) is 5.24. The smallest absolute Gasteiger partial charge is 0.260 e. The molecule has 0 saturated heterocycles. The zero-order valence-corrected chi connectivity index (χ0v) is 20.0. The maximum absolute atomic E-state index is 13.2. The van der Waals surface area contributed by atoms with Crippen LogP contribution >= 0.6 is 0 Å². The summed E-state index contributed by atoms with van der Waals surface area (Å²) in [5.41, 5.74) is 3.11. The Hall–Kier alpha value is -3.76. The van der Waals surface area contributed by atoms with Gasteiger partial charge in [-0.2, -0.15) is 5.10 Å². The van der Waals surface area contributed by atoms with E-state index in [9.17, 15) is 9.90 Å². The summed E-state index contributed by atoms with van der Waals surface area (Å²) in [5, 5.41) is 26.0. The molecule has 10 heteroatoms. The molecular formula is C24H31N7O3. The van der Waals surface area contributed by atoms with Gasteiger partial charge in [-0.3, -0.25) is 19.9 Å². The molecule has 3 rings (SSSR count). The Morgan fingerprint density at radius 3 is 2.65 bits per heavy atom. The van der Waals surface area contributed by atoms with Crippen LogP contribution in [-0.4, -0.2) is 56.4 Å². The van der Waals surface area contributed by atoms with Crippen molar-refractivity contribution in [2.45, 2.75) is 39.8 Å². The van der Waals surface area contributed by atoms with Crippen molar-refractivity contribution in [2.75, 3.05) is 19.0 Å². The third-order valence-corrected chi connectivity index (χ3v) is 5.44. The number of aliphatic hydroxyl groups is 1. The van der Waals surface area contributed by atoms with Gasteiger partial charge in [-0.05, 0) is 63.6 Å². The number of amides is 1. The molecule has 0 aliphatic carbocycles. The molecule has 180 valence electrons. The highest BCUT2D eigenvalue weighted by atomic mass is 16.5. The lowest BCUT2D eigenvalue weighted by molar-refractivity contribution is 0.102. The molecule has 1 atom stereocenters. The van der Waals surface area contributed by atoms with Gasteiger partial charge >= 0.3 is 0 Å². The Morgan fingerprint density at radius 1 is 1.29 bits per heavy atom. The molecule has 0 aliphatic rings. The summed E-state index contributed by atoms with van der Waals surface area (Å²) in [7, 11) is 1.51. The van der Waals surface area contributed by atoms with Gasteiger partial charge in [0.2, 0.25) is 0 Å². The fraction of sp³-hybridized carbons (Fsp3) is 0.333. The van der Waals surface area contributed by atoms with Crippen molar-refractivity contribution in [1.82, 2.24) is 19.8 Å². The number of hydrazine groups is 1. The lowest BCUT2D eigenvalue weighted by Gasteiger charge is -2.24. The molecule has 0 aliphatic heterocycles. The van der Waals surface area contributed by atoms with Crippen LogP contribution in [0.3, 0.4) is 0 Å². The van der Waals surface area contributed by atoms with Crippen LogP contribution in [0, 0.1) is 12.3 Å². The van der Waals surface area contributed by atoms with Gasteiger partial charge in [0, 0.05) is 17.8 Å². The molecule has 1 amide bonds. The van der Waals surface area contributed by atoms with E-state index in [1.807, 2.05) is 37.7 Å². The molecular weight excluding hydrogens is 434 g/mol. The maximum atomic E-state index is 13.2. The Morgan fingerprint density at radius 2 is 2.03 bits per heavy atom. The van der Waals surface area contributed by atoms with Crippen LogP contribution in [0.25, 0.3) is 11.3 Å². The Labute approximate surface area is 198 Å². The molecule has 0 saturated carbocycles. The summed E-state index contributed by atoms with van der Waals surface area (Å²) >= 11 is 0. The molecule has 3 aromatic rings. The molecule has 10 nitrogen and oxygen atoms in total. The molecule has 0 fully saturated rings. The predicted octanol–water partition coefficient (Wildman–Crippen LogP) is 2.98. The number of pyridine rings is 1. The SMILES string of the molecule is COc1cc(C)c(-c2ccn(C(C)C)n2)cc1C(=O)Nc1cccc(C(=N)N(N)C(C)CO)n1. The number of rotatable bonds is 8. The van der Waals surface area contributed by atoms with Gasteiger partial charge in [-0.15, -0.1) is 0 Å². The van der Waals surface area contributed by atoms with Crippen molar-refractivity contribution in [1.29, 1.82) is 5.41 Å². The first-order chi connectivity index (χ1) is 16.2. The van der Waals surface area contributed by atoms with Crippen LogP contribution in [0.15, 0.2) is 42.6 Å². The highest BCUT2D eigenvalue weighted by Gasteiger charge is 2.20. The fourth-order valence-electron chi connectivity index (χ4n) is 3.33. The van der Waals surface area contributed by atoms with Gasteiger partial charge in [0.15, 0.2) is 5.84 Å². The molecule has 0 bridgehead atoms. The van der Waals surface area contributed by atoms with Crippen LogP contribution in [0.5, 0.6) is 5.75 Å². The summed E-state index contributed by atoms with van der Waals surface area (Å²) in [6.07, 6.45) is 1.91. The van der Waals surface area contributed by atoms with Crippen LogP contribution in [0.4, 0.5) is 5.82 Å². The number of methoxy groups -OCH3 is 1. The molecule has 5 N–H and O–H groups in total. The monoisotopic (exact) mass is 465 g/mol. The quantitative estimate of drug-likeness (QED) is 0.173. The summed E-state index contributed by atoms with van der Waals surface area (Å²) in [5.74, 6) is 6.08. The van der Waals surface area contributed by atoms with Gasteiger partial charge in [-0.1, -0.05) is 6.07 Å². The van der Waals surface area contributed by atoms with Crippen LogP contribution < -0.4 is 15.9 Å². The van der Waals surface area contributed by atoms with E-state index in [1.54, 1.807) is 37.3 Å². The van der Waals surface area contributed by atoms with Gasteiger partial charge in [0.25, 0.3) is 5.91 Å². The molecule has 34 heavy (non-hydrogen) atoms. The number of hydrogen-bond acceptors (Lipinski definition) is 7. The van der Waals surface area contributed by atoms with Crippen molar-refractivity contribution in [2.24, 2.45) is 5.84 Å². The Kier molecular flexibility index (Phi) is 7.64. The summed E-state index contributed by atoms with van der Waals surface area (Å²) in [4.78, 5) is 17.5. The normalized spacial score (nSPS) is 11.9. The van der Waals surface area contributed by atoms with Gasteiger partial charge in [0.05, 0.1) is 31.0 Å². The van der Waals surface area contributed by atoms with E-state index in [4.69, 9.17) is 16.0 Å². The number of nitrogens with zero attached hydrogens (tertiary/aromatic N) is 4. The number of amidine groups is 1. The number of hydrogen-bond donors (Lipinski definition) is 4. The number of aromatic nitrogens is 3. The second kappa shape index (κ2) is 10.4. The predicted molar refractivity (Wildman–Crippen MR) is 131 cm³/mol. The number of nitrogens with one attached hydrogen (secondary N) is 2. The molecule has 1 aromatic carbocycles. The van der Waals surface area contributed by atoms with E-state index in [-0.39, 0.29) is 30.0 Å². The topological polar surface area (TPSA) is 142 Å². The number of anilines is 1. The highest BCUT2D eigenvalue weighted by molar-refractivity contribution is 6.07. The van der Waals surface area contributed by atoms with E-state index in [1.165, 1.54) is 7.11 Å². The zero-order valence-electron chi connectivity index (χ0n) is 20.0. The van der Waals surface area contributed by atoms with Crippen molar-refractivity contribution >= 4 is 17.6 Å². The van der Waals surface area contributed by atoms with E-state index in [0.29, 0.717) is 11.3 Å². The van der Waals surface area contributed by atoms with Gasteiger partial charge < -0.3 is 15.2 Å². The minimum absolute atomic E-state index is 0.0754. The first-order valence-corrected chi connectivity index (χ1v) is 10.9. The van der Waals surface area contributed by atoms with Crippen LogP contribution in [0.2, 0.25) is 0 Å². The Bertz CT molecular complexity index is 1190. The Balaban J connectivity index is 1.90. The number of ether oxygens (including phenoxy) is 1. The maximum Gasteiger partial charge on any atom is 0.260 e. The lowest BCUT2D eigenvalue weighted by Crippen LogP contribution is -2.46. The second-order valence-corrected chi connectivity index (χ2v) is 8.29. The minimum Gasteiger partial charge on any atom is -0.496 e. The average molecular weight is 466 g/mol. The van der Waals surface area contributed by atoms with Crippen molar-refractivity contribution in [3.05, 3.63) is 59.4 Å². The molecule has 1 unspecified atom stereocenters. The average Bonchev–Trinajstić information content (AvgIpc) is 3.32. The van der Waals surface area contributed by atoms with Crippen LogP contribution in [0.1, 0.15) is 48.4 Å². The number of carbonyl (C=O) groups is 1. The number of benzene rings is 1. The fourth-order valence-corrected chi connectivity index (χ4v) is 3.33. The second-order valence-electron chi connectivity index (χ2n) is 8.29. The van der Waals surface area contributed by atoms with Crippen LogP contribution in [-0.2, 0) is 0 Å². The highest BCUT2D eigenvalue weighted by Crippen LogP contribution is 2.30. The van der Waals surface area contributed by atoms with Crippen molar-refractivity contribution in [3.63, 3.8) is 0 Å². The summed E-state index contributed by atoms with van der Waals surface area (Å²) in [6.45, 7) is 7.51. The molecule has 2 aromatic heterocycles. The minimum atomic E-state index is -0.457. The van der Waals surface area contributed by atoms with E-state index < -0.39 is 11.9 Å². The van der Waals surface area contributed by atoms with Crippen molar-refractivity contribution in [3.8, 4) is 17.0 Å². The van der Waals surface area contributed by atoms with Gasteiger partial charge in [-0.25, -0.2) is 10.8 Å². The first kappa shape index (κ1) is 24.9. The molecule has 0 radical (unpaired) electrons. The summed E-state index contributed by atoms with van der Waals surface area (Å²) < 4.78 is 7.33. The van der Waals surface area contributed by atoms with E-state index in [2.05, 4.69) is 15.4 Å². The van der Waals surface area contributed by atoms with Gasteiger partial charge in [0.1, 0.15) is 17.3 Å². The zero-order chi connectivity index (χ0) is 25.0. The largest absolute Gasteiger partial charge is 0.496 e. The standard InChI is InChI=1S/C24H31N7O3/c1-14(2)30-10-9-19(29-30)17-12-18(21(34-5)11-15(17)3)24(33)28-22-8-6-7-20(27-22)23(25)31(26)16(4)13-32/h6-12,14,16,25,32H,13,26H2,1-5H3,(H,27,28,33). The number of aliphatic hydroxyl groups excluding tert-OH is 1. The van der Waals surface area contributed by atoms with E-state index in [0.717, 1.165) is 21.8 Å². The van der Waals surface area contributed by atoms with E-state index >= 15 is 0 Å². The number of carbonyl (C=O) groups excluding carboxylic acids is 1. The molecule has 0 spiro atoms. The van der Waals surface area contributed by atoms with Crippen molar-refractivity contribution < 1.29 is 14.6 Å². The number of nitrogens with two attached hydrogens (primary N) is 1. The molecule has 2 heterocycles. The number of aryl methyl sites for hydroxylation is 1.